The van der Waals surface area contributed by atoms with Crippen LogP contribution in [0.5, 0.6) is 5.75 Å². The normalized spacial score (nSPS) is 10.4. The highest BCUT2D eigenvalue weighted by Gasteiger charge is 2.24. The predicted molar refractivity (Wildman–Crippen MR) is 136 cm³/mol. The molecule has 32 heavy (non-hydrogen) atoms. The van der Waals surface area contributed by atoms with Gasteiger partial charge in [-0.3, -0.25) is 0 Å². The van der Waals surface area contributed by atoms with Gasteiger partial charge in [0.05, 0.1) is 7.11 Å². The molecule has 0 amide bonds. The number of benzene rings is 4. The Labute approximate surface area is 189 Å². The zero-order valence-electron chi connectivity index (χ0n) is 17.8. The third kappa shape index (κ3) is 4.24. The van der Waals surface area contributed by atoms with Crippen LogP contribution in [0.25, 0.3) is 5.57 Å². The molecule has 3 heteroatoms. The van der Waals surface area contributed by atoms with E-state index in [1.54, 1.807) is 7.11 Å². The SMILES string of the molecule is COc1ccc(C(=C=C=P(c2ccccc2)(c2ccccc2)c2ccccc2)C#N)cc1. The Morgan fingerprint density at radius 3 is 1.47 bits per heavy atom. The molecule has 154 valence electrons. The van der Waals surface area contributed by atoms with Crippen LogP contribution in [0, 0.1) is 11.3 Å². The Bertz CT molecular complexity index is 1250. The highest BCUT2D eigenvalue weighted by molar-refractivity contribution is 7.94. The summed E-state index contributed by atoms with van der Waals surface area (Å²) in [7, 11) is 1.63. The van der Waals surface area contributed by atoms with Gasteiger partial charge in [0, 0.05) is 12.4 Å². The molecule has 0 spiro atoms. The molecule has 0 saturated heterocycles. The Balaban J connectivity index is 2.15. The Kier molecular flexibility index (Phi) is 6.57. The molecule has 0 fully saturated rings. The fourth-order valence-corrected chi connectivity index (χ4v) is 7.08. The van der Waals surface area contributed by atoms with Gasteiger partial charge in [-0.15, -0.1) is 0 Å². The van der Waals surface area contributed by atoms with Gasteiger partial charge in [-0.05, 0) is 45.9 Å². The van der Waals surface area contributed by atoms with Crippen molar-refractivity contribution in [1.29, 1.82) is 5.26 Å². The van der Waals surface area contributed by atoms with Crippen molar-refractivity contribution in [1.82, 2.24) is 0 Å². The van der Waals surface area contributed by atoms with Crippen LogP contribution in [0.2, 0.25) is 0 Å². The largest absolute Gasteiger partial charge is 0.497 e. The van der Waals surface area contributed by atoms with E-state index in [1.165, 1.54) is 0 Å². The van der Waals surface area contributed by atoms with Crippen LogP contribution < -0.4 is 20.7 Å². The van der Waals surface area contributed by atoms with Crippen molar-refractivity contribution >= 4 is 33.8 Å². The van der Waals surface area contributed by atoms with Crippen molar-refractivity contribution in [3.05, 3.63) is 127 Å². The zero-order chi connectivity index (χ0) is 22.2. The van der Waals surface area contributed by atoms with E-state index in [9.17, 15) is 5.26 Å². The van der Waals surface area contributed by atoms with Crippen molar-refractivity contribution < 1.29 is 4.74 Å². The predicted octanol–water partition coefficient (Wildman–Crippen LogP) is 5.15. The lowest BCUT2D eigenvalue weighted by molar-refractivity contribution is 0.415. The molecule has 4 rings (SSSR count). The van der Waals surface area contributed by atoms with Gasteiger partial charge in [-0.1, -0.05) is 96.4 Å². The van der Waals surface area contributed by atoms with E-state index in [2.05, 4.69) is 90.0 Å². The van der Waals surface area contributed by atoms with E-state index in [1.807, 2.05) is 42.5 Å². The quantitative estimate of drug-likeness (QED) is 0.249. The molecular weight excluding hydrogens is 409 g/mol. The summed E-state index contributed by atoms with van der Waals surface area (Å²) in [5.74, 6) is 0.749. The summed E-state index contributed by atoms with van der Waals surface area (Å²) < 4.78 is 5.25. The number of nitrogens with zero attached hydrogens (tertiary/aromatic N) is 1. The average Bonchev–Trinajstić information content (AvgIpc) is 2.89. The maximum Gasteiger partial charge on any atom is 0.118 e. The number of methoxy groups -OCH3 is 1. The van der Waals surface area contributed by atoms with Gasteiger partial charge in [0.2, 0.25) is 0 Å². The highest BCUT2D eigenvalue weighted by Crippen LogP contribution is 2.42. The molecule has 0 unspecified atom stereocenters. The standard InChI is InChI=1S/C29H22NOP/c1-31-26-19-17-24(18-20-26)25(23-30)21-22-32(27-11-5-2-6-12-27,28-13-7-3-8-14-28)29-15-9-4-10-16-29/h2-20H,1H3. The van der Waals surface area contributed by atoms with Crippen molar-refractivity contribution in [3.63, 3.8) is 0 Å². The maximum absolute atomic E-state index is 9.91. The summed E-state index contributed by atoms with van der Waals surface area (Å²) in [5.41, 5.74) is 8.13. The molecule has 0 N–H and O–H groups in total. The van der Waals surface area contributed by atoms with Gasteiger partial charge in [-0.2, -0.15) is 5.26 Å². The van der Waals surface area contributed by atoms with Gasteiger partial charge in [-0.25, -0.2) is 0 Å². The van der Waals surface area contributed by atoms with Gasteiger partial charge < -0.3 is 4.74 Å². The molecule has 0 aliphatic rings. The molecule has 0 bridgehead atoms. The van der Waals surface area contributed by atoms with Gasteiger partial charge >= 0.3 is 0 Å². The van der Waals surface area contributed by atoms with E-state index in [0.717, 1.165) is 27.2 Å². The summed E-state index contributed by atoms with van der Waals surface area (Å²) >= 11 is 0. The highest BCUT2D eigenvalue weighted by atomic mass is 31.2. The lowest BCUT2D eigenvalue weighted by atomic mass is 10.1. The number of nitriles is 1. The average molecular weight is 431 g/mol. The molecule has 4 aromatic rings. The molecule has 0 aromatic heterocycles. The first-order valence-corrected chi connectivity index (χ1v) is 12.1. The molecule has 0 saturated carbocycles. The molecule has 0 radical (unpaired) electrons. The third-order valence-corrected chi connectivity index (χ3v) is 8.94. The van der Waals surface area contributed by atoms with Gasteiger partial charge in [0.15, 0.2) is 0 Å². The summed E-state index contributed by atoms with van der Waals surface area (Å²) in [6.07, 6.45) is 0. The van der Waals surface area contributed by atoms with E-state index >= 15 is 0 Å². The fraction of sp³-hybridized carbons (Fsp3) is 0.0345. The summed E-state index contributed by atoms with van der Waals surface area (Å²) in [6, 6.07) is 41.0. The minimum absolute atomic E-state index is 0.444. The number of hydrogen-bond acceptors (Lipinski definition) is 2. The number of allylic oxidation sites excluding steroid dienone is 1. The molecule has 0 atom stereocenters. The number of rotatable bonds is 5. The first kappa shape index (κ1) is 21.3. The smallest absolute Gasteiger partial charge is 0.118 e. The van der Waals surface area contributed by atoms with E-state index in [4.69, 9.17) is 4.74 Å². The minimum Gasteiger partial charge on any atom is -0.497 e. The van der Waals surface area contributed by atoms with Gasteiger partial charge in [0.1, 0.15) is 17.4 Å². The maximum atomic E-state index is 9.91. The summed E-state index contributed by atoms with van der Waals surface area (Å²) in [4.78, 5) is 0. The van der Waals surface area contributed by atoms with Crippen molar-refractivity contribution in [2.24, 2.45) is 0 Å². The molecular formula is C29H22NOP. The van der Waals surface area contributed by atoms with Crippen molar-refractivity contribution in [3.8, 4) is 11.8 Å². The Morgan fingerprint density at radius 1 is 0.656 bits per heavy atom. The molecule has 2 nitrogen and oxygen atoms in total. The second-order valence-electron chi connectivity index (χ2n) is 7.13. The second-order valence-corrected chi connectivity index (χ2v) is 10.2. The Hall–Kier alpha value is -3.97. The van der Waals surface area contributed by atoms with Crippen molar-refractivity contribution in [2.45, 2.75) is 0 Å². The van der Waals surface area contributed by atoms with Crippen molar-refractivity contribution in [2.75, 3.05) is 7.11 Å². The van der Waals surface area contributed by atoms with Crippen LogP contribution in [-0.2, 0) is 0 Å². The molecule has 0 aliphatic heterocycles. The number of ether oxygens (including phenoxy) is 1. The fourth-order valence-electron chi connectivity index (χ4n) is 3.66. The minimum atomic E-state index is -2.31. The lowest BCUT2D eigenvalue weighted by Gasteiger charge is -2.25. The van der Waals surface area contributed by atoms with E-state index in [-0.39, 0.29) is 0 Å². The molecule has 0 heterocycles. The zero-order valence-corrected chi connectivity index (χ0v) is 18.7. The Morgan fingerprint density at radius 2 is 1.09 bits per heavy atom. The monoisotopic (exact) mass is 431 g/mol. The van der Waals surface area contributed by atoms with Crippen LogP contribution >= 0.6 is 6.89 Å². The molecule has 4 aromatic carbocycles. The van der Waals surface area contributed by atoms with E-state index < -0.39 is 6.89 Å². The summed E-state index contributed by atoms with van der Waals surface area (Å²) in [5, 5.41) is 13.4. The van der Waals surface area contributed by atoms with E-state index in [0.29, 0.717) is 5.57 Å². The van der Waals surface area contributed by atoms with Crippen LogP contribution in [-0.4, -0.2) is 12.6 Å². The summed E-state index contributed by atoms with van der Waals surface area (Å²) in [6.45, 7) is -2.31. The first-order valence-electron chi connectivity index (χ1n) is 10.3. The van der Waals surface area contributed by atoms with Gasteiger partial charge in [0.25, 0.3) is 0 Å². The topological polar surface area (TPSA) is 33.0 Å². The van der Waals surface area contributed by atoms with Crippen LogP contribution in [0.4, 0.5) is 0 Å². The second kappa shape index (κ2) is 9.89. The first-order chi connectivity index (χ1) is 15.8. The lowest BCUT2D eigenvalue weighted by Crippen LogP contribution is -2.25. The van der Waals surface area contributed by atoms with Crippen LogP contribution in [0.1, 0.15) is 5.56 Å². The number of hydrogen-bond donors (Lipinski definition) is 0. The molecule has 0 aliphatic carbocycles. The van der Waals surface area contributed by atoms with Crippen LogP contribution in [0.15, 0.2) is 121 Å². The van der Waals surface area contributed by atoms with Crippen LogP contribution in [0.3, 0.4) is 0 Å². The third-order valence-electron chi connectivity index (χ3n) is 5.27.